The molecule has 0 spiro atoms. The van der Waals surface area contributed by atoms with Gasteiger partial charge >= 0.3 is 0 Å². The number of aromatic nitrogens is 3. The highest BCUT2D eigenvalue weighted by molar-refractivity contribution is 6.41. The molecule has 1 N–H and O–H groups in total. The second-order valence-corrected chi connectivity index (χ2v) is 5.92. The standard InChI is InChI=1S/C16H11Cl2FN4O2/c1-8(21-15(24)10-6-12(17)13(18)20-7-10)16-22-14(23-25-16)9-2-4-11(19)5-3-9/h2-8H,1H3,(H,21,24). The van der Waals surface area contributed by atoms with Gasteiger partial charge in [-0.2, -0.15) is 4.98 Å². The Kier molecular flexibility index (Phi) is 4.96. The zero-order valence-electron chi connectivity index (χ0n) is 12.8. The predicted molar refractivity (Wildman–Crippen MR) is 89.8 cm³/mol. The largest absolute Gasteiger partial charge is 0.340 e. The first-order chi connectivity index (χ1) is 11.9. The van der Waals surface area contributed by atoms with Crippen molar-refractivity contribution < 1.29 is 13.7 Å². The summed E-state index contributed by atoms with van der Waals surface area (Å²) in [5, 5.41) is 6.83. The Morgan fingerprint density at radius 3 is 2.68 bits per heavy atom. The van der Waals surface area contributed by atoms with Crippen molar-refractivity contribution in [1.82, 2.24) is 20.4 Å². The first-order valence-electron chi connectivity index (χ1n) is 7.15. The molecule has 6 nitrogen and oxygen atoms in total. The van der Waals surface area contributed by atoms with Crippen LogP contribution in [0.15, 0.2) is 41.1 Å². The summed E-state index contributed by atoms with van der Waals surface area (Å²) in [6.45, 7) is 1.69. The van der Waals surface area contributed by atoms with Gasteiger partial charge in [0.05, 0.1) is 10.6 Å². The average molecular weight is 381 g/mol. The summed E-state index contributed by atoms with van der Waals surface area (Å²) in [5.41, 5.74) is 0.850. The highest BCUT2D eigenvalue weighted by Gasteiger charge is 2.19. The summed E-state index contributed by atoms with van der Waals surface area (Å²) < 4.78 is 18.1. The van der Waals surface area contributed by atoms with E-state index in [9.17, 15) is 9.18 Å². The lowest BCUT2D eigenvalue weighted by Crippen LogP contribution is -2.27. The van der Waals surface area contributed by atoms with Crippen molar-refractivity contribution >= 4 is 29.1 Å². The highest BCUT2D eigenvalue weighted by Crippen LogP contribution is 2.21. The Labute approximate surface area is 152 Å². The molecule has 9 heteroatoms. The lowest BCUT2D eigenvalue weighted by Gasteiger charge is -2.09. The van der Waals surface area contributed by atoms with Crippen LogP contribution >= 0.6 is 23.2 Å². The van der Waals surface area contributed by atoms with Gasteiger partial charge in [-0.05, 0) is 37.3 Å². The zero-order valence-corrected chi connectivity index (χ0v) is 14.3. The number of carbonyl (C=O) groups excluding carboxylic acids is 1. The van der Waals surface area contributed by atoms with Gasteiger partial charge in [-0.3, -0.25) is 4.79 Å². The Balaban J connectivity index is 1.73. The Hall–Kier alpha value is -2.51. The van der Waals surface area contributed by atoms with E-state index in [0.29, 0.717) is 11.4 Å². The van der Waals surface area contributed by atoms with E-state index in [4.69, 9.17) is 27.7 Å². The van der Waals surface area contributed by atoms with Crippen LogP contribution in [0.5, 0.6) is 0 Å². The van der Waals surface area contributed by atoms with Crippen molar-refractivity contribution in [3.63, 3.8) is 0 Å². The van der Waals surface area contributed by atoms with Gasteiger partial charge in [0.15, 0.2) is 0 Å². The summed E-state index contributed by atoms with van der Waals surface area (Å²) in [4.78, 5) is 20.3. The molecule has 1 unspecified atom stereocenters. The van der Waals surface area contributed by atoms with Crippen LogP contribution in [0.2, 0.25) is 10.2 Å². The molecular formula is C16H11Cl2FN4O2. The molecule has 3 aromatic rings. The highest BCUT2D eigenvalue weighted by atomic mass is 35.5. The molecule has 3 rings (SSSR count). The maximum Gasteiger partial charge on any atom is 0.253 e. The van der Waals surface area contributed by atoms with Crippen molar-refractivity contribution in [2.45, 2.75) is 13.0 Å². The topological polar surface area (TPSA) is 80.9 Å². The van der Waals surface area contributed by atoms with Gasteiger partial charge in [0, 0.05) is 11.8 Å². The van der Waals surface area contributed by atoms with Crippen LogP contribution in [-0.4, -0.2) is 21.0 Å². The smallest absolute Gasteiger partial charge is 0.253 e. The third-order valence-corrected chi connectivity index (χ3v) is 4.01. The van der Waals surface area contributed by atoms with Gasteiger partial charge in [-0.1, -0.05) is 28.4 Å². The minimum Gasteiger partial charge on any atom is -0.340 e. The first kappa shape index (κ1) is 17.3. The van der Waals surface area contributed by atoms with Crippen LogP contribution in [0.1, 0.15) is 29.2 Å². The fourth-order valence-corrected chi connectivity index (χ4v) is 2.28. The van der Waals surface area contributed by atoms with Crippen LogP contribution in [-0.2, 0) is 0 Å². The molecule has 1 aromatic carbocycles. The molecule has 0 saturated carbocycles. The maximum atomic E-state index is 13.0. The monoisotopic (exact) mass is 380 g/mol. The van der Waals surface area contributed by atoms with Gasteiger partial charge < -0.3 is 9.84 Å². The molecule has 0 saturated heterocycles. The molecule has 1 atom stereocenters. The quantitative estimate of drug-likeness (QED) is 0.689. The molecule has 0 radical (unpaired) electrons. The molecule has 25 heavy (non-hydrogen) atoms. The third kappa shape index (κ3) is 3.94. The average Bonchev–Trinajstić information content (AvgIpc) is 3.08. The van der Waals surface area contributed by atoms with E-state index in [2.05, 4.69) is 20.4 Å². The minimum absolute atomic E-state index is 0.118. The lowest BCUT2D eigenvalue weighted by atomic mass is 10.2. The fraction of sp³-hybridized carbons (Fsp3) is 0.125. The van der Waals surface area contributed by atoms with Crippen LogP contribution in [0.3, 0.4) is 0 Å². The summed E-state index contributed by atoms with van der Waals surface area (Å²) in [7, 11) is 0. The number of hydrogen-bond acceptors (Lipinski definition) is 5. The number of carbonyl (C=O) groups is 1. The minimum atomic E-state index is -0.552. The molecule has 2 heterocycles. The third-order valence-electron chi connectivity index (χ3n) is 3.32. The van der Waals surface area contributed by atoms with Gasteiger partial charge in [-0.15, -0.1) is 0 Å². The first-order valence-corrected chi connectivity index (χ1v) is 7.91. The van der Waals surface area contributed by atoms with Crippen molar-refractivity contribution in [3.8, 4) is 11.4 Å². The lowest BCUT2D eigenvalue weighted by molar-refractivity contribution is 0.0932. The van der Waals surface area contributed by atoms with E-state index in [1.54, 1.807) is 6.92 Å². The summed E-state index contributed by atoms with van der Waals surface area (Å²) in [5.74, 6) is -0.267. The molecule has 2 aromatic heterocycles. The van der Waals surface area contributed by atoms with Gasteiger partial charge in [0.1, 0.15) is 17.0 Å². The van der Waals surface area contributed by atoms with Gasteiger partial charge in [0.25, 0.3) is 5.91 Å². The Morgan fingerprint density at radius 2 is 2.00 bits per heavy atom. The van der Waals surface area contributed by atoms with E-state index in [-0.39, 0.29) is 27.4 Å². The molecule has 0 aliphatic carbocycles. The zero-order chi connectivity index (χ0) is 18.0. The molecule has 0 bridgehead atoms. The summed E-state index contributed by atoms with van der Waals surface area (Å²) in [6.07, 6.45) is 1.31. The number of benzene rings is 1. The molecule has 0 aliphatic rings. The molecular weight excluding hydrogens is 370 g/mol. The second kappa shape index (κ2) is 7.16. The van der Waals surface area contributed by atoms with Crippen molar-refractivity contribution in [1.29, 1.82) is 0 Å². The van der Waals surface area contributed by atoms with E-state index in [1.807, 2.05) is 0 Å². The van der Waals surface area contributed by atoms with Crippen molar-refractivity contribution in [3.05, 3.63) is 64.0 Å². The molecule has 128 valence electrons. The van der Waals surface area contributed by atoms with E-state index in [0.717, 1.165) is 0 Å². The van der Waals surface area contributed by atoms with E-state index < -0.39 is 11.9 Å². The normalized spacial score (nSPS) is 12.0. The molecule has 0 aliphatic heterocycles. The molecule has 0 fully saturated rings. The number of nitrogens with one attached hydrogen (secondary N) is 1. The number of hydrogen-bond donors (Lipinski definition) is 1. The van der Waals surface area contributed by atoms with E-state index in [1.165, 1.54) is 36.5 Å². The number of amides is 1. The Morgan fingerprint density at radius 1 is 1.28 bits per heavy atom. The van der Waals surface area contributed by atoms with Crippen molar-refractivity contribution in [2.24, 2.45) is 0 Å². The number of halogens is 3. The summed E-state index contributed by atoms with van der Waals surface area (Å²) >= 11 is 11.6. The number of pyridine rings is 1. The van der Waals surface area contributed by atoms with Gasteiger partial charge in [0.2, 0.25) is 11.7 Å². The predicted octanol–water partition coefficient (Wildman–Crippen LogP) is 4.07. The number of nitrogens with zero attached hydrogens (tertiary/aromatic N) is 3. The van der Waals surface area contributed by atoms with Crippen LogP contribution < -0.4 is 5.32 Å². The van der Waals surface area contributed by atoms with Crippen LogP contribution in [0, 0.1) is 5.82 Å². The Bertz CT molecular complexity index is 915. The maximum absolute atomic E-state index is 13.0. The second-order valence-electron chi connectivity index (χ2n) is 5.15. The SMILES string of the molecule is CC(NC(=O)c1cnc(Cl)c(Cl)c1)c1nc(-c2ccc(F)cc2)no1. The van der Waals surface area contributed by atoms with E-state index >= 15 is 0 Å². The van der Waals surface area contributed by atoms with Crippen LogP contribution in [0.25, 0.3) is 11.4 Å². The van der Waals surface area contributed by atoms with Crippen molar-refractivity contribution in [2.75, 3.05) is 0 Å². The van der Waals surface area contributed by atoms with Crippen LogP contribution in [0.4, 0.5) is 4.39 Å². The number of rotatable bonds is 4. The summed E-state index contributed by atoms with van der Waals surface area (Å²) in [6, 6.07) is 6.53. The van der Waals surface area contributed by atoms with Gasteiger partial charge in [-0.25, -0.2) is 9.37 Å². The fourth-order valence-electron chi connectivity index (χ4n) is 2.01. The molecule has 1 amide bonds.